The Hall–Kier alpha value is -2.78. The normalized spacial score (nSPS) is 31.6. The van der Waals surface area contributed by atoms with Gasteiger partial charge in [-0.25, -0.2) is 0 Å². The summed E-state index contributed by atoms with van der Waals surface area (Å²) < 4.78 is 31.3. The van der Waals surface area contributed by atoms with Crippen molar-refractivity contribution >= 4 is 0 Å². The number of piperidine rings is 2. The van der Waals surface area contributed by atoms with E-state index in [0.29, 0.717) is 38.9 Å². The number of β-amino-alcohol motifs (C(OH)–C–C–N with tert-alkyl or cyclic N) is 1. The number of benzene rings is 3. The first kappa shape index (κ1) is 41.8. The van der Waals surface area contributed by atoms with Gasteiger partial charge in [-0.3, -0.25) is 9.80 Å². The van der Waals surface area contributed by atoms with E-state index >= 15 is 0 Å². The molecule has 4 fully saturated rings. The van der Waals surface area contributed by atoms with Crippen molar-refractivity contribution < 1.29 is 44.1 Å². The highest BCUT2D eigenvalue weighted by Crippen LogP contribution is 2.31. The van der Waals surface area contributed by atoms with Crippen LogP contribution < -0.4 is 0 Å². The fourth-order valence-corrected chi connectivity index (χ4v) is 8.33. The molecule has 11 nitrogen and oxygen atoms in total. The standard InChI is InChI=1S/C33H41NO4.C11H21NO5/c1-26-20-34(21-30-18-11-19-36-30)31(25-35-22-27-12-5-2-6-13-27)33(38-24-29-16-9-4-10-17-29)32(26)37-23-28-14-7-3-8-15-28;13-6-8-10(15)11(16)9(14)5-12(8)4-7-2-1-3-17-7/h2-10,12-17,26,30-33H,11,18-25H2,1H3;7-11,13-16H,1-6H2/t26-,30+,31+,32+,33+;7-,8-,9+,10-,11-/m01/s1. The largest absolute Gasteiger partial charge is 0.395 e. The van der Waals surface area contributed by atoms with Gasteiger partial charge in [0, 0.05) is 39.4 Å². The summed E-state index contributed by atoms with van der Waals surface area (Å²) in [6.45, 7) is 8.61. The lowest BCUT2D eigenvalue weighted by atomic mass is 9.87. The van der Waals surface area contributed by atoms with Crippen molar-refractivity contribution in [2.24, 2.45) is 5.92 Å². The first-order valence-corrected chi connectivity index (χ1v) is 20.2. The van der Waals surface area contributed by atoms with Gasteiger partial charge in [0.25, 0.3) is 0 Å². The first-order chi connectivity index (χ1) is 26.9. The van der Waals surface area contributed by atoms with Crippen molar-refractivity contribution in [3.05, 3.63) is 108 Å². The maximum absolute atomic E-state index is 9.80. The highest BCUT2D eigenvalue weighted by molar-refractivity contribution is 5.15. The molecule has 0 radical (unpaired) electrons. The van der Waals surface area contributed by atoms with E-state index < -0.39 is 24.4 Å². The molecule has 4 N–H and O–H groups in total. The zero-order chi connectivity index (χ0) is 38.4. The van der Waals surface area contributed by atoms with Gasteiger partial charge in [0.2, 0.25) is 0 Å². The molecule has 0 aromatic heterocycles. The molecule has 3 aromatic carbocycles. The van der Waals surface area contributed by atoms with Crippen LogP contribution in [0.2, 0.25) is 0 Å². The van der Waals surface area contributed by atoms with E-state index in [2.05, 4.69) is 84.6 Å². The molecule has 0 amide bonds. The number of rotatable bonds is 15. The van der Waals surface area contributed by atoms with Crippen LogP contribution in [0.1, 0.15) is 49.3 Å². The number of aliphatic hydroxyl groups excluding tert-OH is 4. The number of ether oxygens (including phenoxy) is 5. The second kappa shape index (κ2) is 21.7. The number of hydrogen-bond donors (Lipinski definition) is 4. The molecule has 7 rings (SSSR count). The zero-order valence-electron chi connectivity index (χ0n) is 32.3. The van der Waals surface area contributed by atoms with Gasteiger partial charge in [-0.2, -0.15) is 0 Å². The van der Waals surface area contributed by atoms with Crippen LogP contribution in [0.5, 0.6) is 0 Å². The molecule has 4 aliphatic rings. The summed E-state index contributed by atoms with van der Waals surface area (Å²) in [4.78, 5) is 4.35. The quantitative estimate of drug-likeness (QED) is 0.180. The Morgan fingerprint density at radius 1 is 0.618 bits per heavy atom. The summed E-state index contributed by atoms with van der Waals surface area (Å²) in [6.07, 6.45) is 1.16. The molecule has 0 saturated carbocycles. The minimum absolute atomic E-state index is 0.0370. The van der Waals surface area contributed by atoms with Crippen molar-refractivity contribution in [2.45, 2.75) is 107 Å². The topological polar surface area (TPSA) is 134 Å². The van der Waals surface area contributed by atoms with E-state index in [1.54, 1.807) is 4.90 Å². The summed E-state index contributed by atoms with van der Waals surface area (Å²) >= 11 is 0. The van der Waals surface area contributed by atoms with Crippen LogP contribution in [-0.2, 0) is 43.5 Å². The molecule has 0 bridgehead atoms. The van der Waals surface area contributed by atoms with Crippen LogP contribution in [0.25, 0.3) is 0 Å². The lowest BCUT2D eigenvalue weighted by Gasteiger charge is -2.48. The predicted octanol–water partition coefficient (Wildman–Crippen LogP) is 3.80. The highest BCUT2D eigenvalue weighted by atomic mass is 16.5. The van der Waals surface area contributed by atoms with E-state index in [1.807, 2.05) is 18.2 Å². The van der Waals surface area contributed by atoms with Crippen molar-refractivity contribution in [3.8, 4) is 0 Å². The van der Waals surface area contributed by atoms with E-state index in [4.69, 9.17) is 23.7 Å². The average Bonchev–Trinajstić information content (AvgIpc) is 3.93. The van der Waals surface area contributed by atoms with E-state index in [1.165, 1.54) is 16.7 Å². The smallest absolute Gasteiger partial charge is 0.109 e. The third kappa shape index (κ3) is 12.1. The average molecular weight is 763 g/mol. The highest BCUT2D eigenvalue weighted by Gasteiger charge is 2.45. The van der Waals surface area contributed by atoms with Crippen LogP contribution in [0, 0.1) is 5.92 Å². The molecule has 10 atom stereocenters. The lowest BCUT2D eigenvalue weighted by Crippen LogP contribution is -2.63. The Morgan fingerprint density at radius 3 is 1.60 bits per heavy atom. The minimum Gasteiger partial charge on any atom is -0.395 e. The molecular formula is C44H62N2O9. The molecule has 0 unspecified atom stereocenters. The van der Waals surface area contributed by atoms with Crippen LogP contribution in [0.3, 0.4) is 0 Å². The number of aliphatic hydroxyl groups is 4. The SMILES string of the molecule is C[C@H]1CN(C[C@H]2CCCO2)[C@H](COCc2ccccc2)[C@@H](OCc2ccccc2)[C@@H]1OCc1ccccc1.OC[C@@H]1[C@@H](O)[C@H](O)[C@@H](O)CN1C[C@H]1CCCO1. The minimum atomic E-state index is -1.19. The molecule has 11 heteroatoms. The molecule has 3 aromatic rings. The van der Waals surface area contributed by atoms with Crippen molar-refractivity contribution in [2.75, 3.05) is 52.6 Å². The Morgan fingerprint density at radius 2 is 1.11 bits per heavy atom. The second-order valence-corrected chi connectivity index (χ2v) is 15.5. The maximum Gasteiger partial charge on any atom is 0.109 e. The molecule has 4 heterocycles. The summed E-state index contributed by atoms with van der Waals surface area (Å²) in [5.74, 6) is 0.311. The molecule has 302 valence electrons. The van der Waals surface area contributed by atoms with Crippen LogP contribution in [0.4, 0.5) is 0 Å². The molecular weight excluding hydrogens is 700 g/mol. The summed E-state index contributed by atoms with van der Waals surface area (Å²) in [5.41, 5.74) is 3.53. The summed E-state index contributed by atoms with van der Waals surface area (Å²) in [5, 5.41) is 38.3. The third-order valence-corrected chi connectivity index (χ3v) is 11.4. The van der Waals surface area contributed by atoms with Crippen molar-refractivity contribution in [3.63, 3.8) is 0 Å². The maximum atomic E-state index is 9.80. The van der Waals surface area contributed by atoms with Gasteiger partial charge < -0.3 is 44.1 Å². The number of hydrogen-bond acceptors (Lipinski definition) is 11. The van der Waals surface area contributed by atoms with Crippen LogP contribution in [-0.4, -0.2) is 138 Å². The number of likely N-dealkylation sites (tertiary alicyclic amines) is 2. The summed E-state index contributed by atoms with van der Waals surface area (Å²) in [7, 11) is 0. The monoisotopic (exact) mass is 762 g/mol. The second-order valence-electron chi connectivity index (χ2n) is 15.5. The number of nitrogens with zero attached hydrogens (tertiary/aromatic N) is 2. The van der Waals surface area contributed by atoms with E-state index in [-0.39, 0.29) is 43.6 Å². The van der Waals surface area contributed by atoms with Gasteiger partial charge in [0.15, 0.2) is 0 Å². The zero-order valence-corrected chi connectivity index (χ0v) is 32.3. The third-order valence-electron chi connectivity index (χ3n) is 11.4. The fourth-order valence-electron chi connectivity index (χ4n) is 8.33. The Bertz CT molecular complexity index is 1480. The van der Waals surface area contributed by atoms with Gasteiger partial charge in [0.1, 0.15) is 18.3 Å². The van der Waals surface area contributed by atoms with Gasteiger partial charge >= 0.3 is 0 Å². The van der Waals surface area contributed by atoms with E-state index in [0.717, 1.165) is 52.0 Å². The van der Waals surface area contributed by atoms with Gasteiger partial charge in [0.05, 0.1) is 69.5 Å². The van der Waals surface area contributed by atoms with Crippen LogP contribution in [0.15, 0.2) is 91.0 Å². The van der Waals surface area contributed by atoms with Crippen molar-refractivity contribution in [1.82, 2.24) is 9.80 Å². The molecule has 0 aliphatic carbocycles. The van der Waals surface area contributed by atoms with Crippen molar-refractivity contribution in [1.29, 1.82) is 0 Å². The summed E-state index contributed by atoms with van der Waals surface area (Å²) in [6, 6.07) is 30.8. The molecule has 55 heavy (non-hydrogen) atoms. The molecule has 4 saturated heterocycles. The van der Waals surface area contributed by atoms with Crippen LogP contribution >= 0.6 is 0 Å². The van der Waals surface area contributed by atoms with Gasteiger partial charge in [-0.15, -0.1) is 0 Å². The molecule has 0 spiro atoms. The lowest BCUT2D eigenvalue weighted by molar-refractivity contribution is -0.179. The van der Waals surface area contributed by atoms with Gasteiger partial charge in [-0.05, 0) is 48.3 Å². The Labute approximate surface area is 326 Å². The first-order valence-electron chi connectivity index (χ1n) is 20.2. The Kier molecular flexibility index (Phi) is 16.5. The van der Waals surface area contributed by atoms with E-state index in [9.17, 15) is 20.4 Å². The Balaban J connectivity index is 0.000000252. The van der Waals surface area contributed by atoms with Gasteiger partial charge in [-0.1, -0.05) is 97.9 Å². The molecule has 4 aliphatic heterocycles. The fraction of sp³-hybridized carbons (Fsp3) is 0.591. The predicted molar refractivity (Wildman–Crippen MR) is 209 cm³/mol.